The number of anilines is 1. The van der Waals surface area contributed by atoms with E-state index in [4.69, 9.17) is 0 Å². The van der Waals surface area contributed by atoms with Crippen molar-refractivity contribution in [3.05, 3.63) is 97.0 Å². The van der Waals surface area contributed by atoms with Gasteiger partial charge in [0, 0.05) is 24.1 Å². The monoisotopic (exact) mass is 328 g/mol. The maximum atomic E-state index is 12.6. The molecule has 0 unspecified atom stereocenters. The lowest BCUT2D eigenvalue weighted by Crippen LogP contribution is -2.13. The molecule has 4 aromatic rings. The van der Waals surface area contributed by atoms with Crippen molar-refractivity contribution in [3.63, 3.8) is 0 Å². The van der Waals surface area contributed by atoms with Crippen LogP contribution in [-0.2, 0) is 0 Å². The number of hydrogen-bond donors (Lipinski definition) is 1. The molecule has 1 amide bonds. The molecule has 0 aliphatic carbocycles. The van der Waals surface area contributed by atoms with Gasteiger partial charge in [-0.3, -0.25) is 4.79 Å². The molecule has 25 heavy (non-hydrogen) atoms. The Labute approximate surface area is 145 Å². The first-order valence-corrected chi connectivity index (χ1v) is 7.96. The van der Waals surface area contributed by atoms with Crippen molar-refractivity contribution in [3.8, 4) is 11.5 Å². The van der Waals surface area contributed by atoms with Gasteiger partial charge in [-0.1, -0.05) is 36.4 Å². The lowest BCUT2D eigenvalue weighted by molar-refractivity contribution is 0.102. The fourth-order valence-corrected chi connectivity index (χ4v) is 2.63. The SMILES string of the molecule is O=C(Nc1ccccc1)c1cc(-n2cccc2)n(-c2ccccc2)n1. The Bertz CT molecular complexity index is 973. The average molecular weight is 328 g/mol. The summed E-state index contributed by atoms with van der Waals surface area (Å²) < 4.78 is 3.69. The minimum Gasteiger partial charge on any atom is -0.321 e. The molecule has 0 radical (unpaired) electrons. The number of carbonyl (C=O) groups is 1. The van der Waals surface area contributed by atoms with Crippen LogP contribution in [0.25, 0.3) is 11.5 Å². The quantitative estimate of drug-likeness (QED) is 0.617. The van der Waals surface area contributed by atoms with Gasteiger partial charge in [-0.05, 0) is 36.4 Å². The highest BCUT2D eigenvalue weighted by molar-refractivity contribution is 6.03. The Morgan fingerprint density at radius 1 is 0.840 bits per heavy atom. The summed E-state index contributed by atoms with van der Waals surface area (Å²) in [5, 5.41) is 7.39. The molecule has 5 nitrogen and oxygen atoms in total. The van der Waals surface area contributed by atoms with Gasteiger partial charge in [0.15, 0.2) is 5.69 Å². The largest absolute Gasteiger partial charge is 0.321 e. The predicted molar refractivity (Wildman–Crippen MR) is 97.3 cm³/mol. The molecule has 1 N–H and O–H groups in total. The molecule has 0 aliphatic rings. The van der Waals surface area contributed by atoms with Gasteiger partial charge in [-0.15, -0.1) is 0 Å². The van der Waals surface area contributed by atoms with E-state index in [1.807, 2.05) is 89.8 Å². The third-order valence-electron chi connectivity index (χ3n) is 3.82. The van der Waals surface area contributed by atoms with E-state index in [0.29, 0.717) is 5.69 Å². The standard InChI is InChI=1S/C20H16N4O/c25-20(21-16-9-3-1-4-10-16)18-15-19(23-13-7-8-14-23)24(22-18)17-11-5-2-6-12-17/h1-15H,(H,21,25). The lowest BCUT2D eigenvalue weighted by atomic mass is 10.3. The normalized spacial score (nSPS) is 10.6. The van der Waals surface area contributed by atoms with Gasteiger partial charge in [-0.25, -0.2) is 4.68 Å². The van der Waals surface area contributed by atoms with Crippen LogP contribution in [0.2, 0.25) is 0 Å². The highest BCUT2D eigenvalue weighted by atomic mass is 16.2. The minimum atomic E-state index is -0.241. The summed E-state index contributed by atoms with van der Waals surface area (Å²) in [5.41, 5.74) is 1.99. The number of amides is 1. The van der Waals surface area contributed by atoms with Crippen LogP contribution in [0.4, 0.5) is 5.69 Å². The second-order valence-electron chi connectivity index (χ2n) is 5.55. The first-order valence-electron chi connectivity index (χ1n) is 7.96. The minimum absolute atomic E-state index is 0.241. The summed E-state index contributed by atoms with van der Waals surface area (Å²) in [7, 11) is 0. The third-order valence-corrected chi connectivity index (χ3v) is 3.82. The Balaban J connectivity index is 1.73. The Morgan fingerprint density at radius 2 is 1.48 bits per heavy atom. The Morgan fingerprint density at radius 3 is 2.16 bits per heavy atom. The topological polar surface area (TPSA) is 51.9 Å². The Kier molecular flexibility index (Phi) is 3.88. The number of aromatic nitrogens is 3. The summed E-state index contributed by atoms with van der Waals surface area (Å²) >= 11 is 0. The molecule has 2 aromatic carbocycles. The first kappa shape index (κ1) is 15.0. The molecule has 0 saturated heterocycles. The van der Waals surface area contributed by atoms with Gasteiger partial charge in [0.25, 0.3) is 5.91 Å². The summed E-state index contributed by atoms with van der Waals surface area (Å²) in [5.74, 6) is 0.559. The van der Waals surface area contributed by atoms with Crippen LogP contribution >= 0.6 is 0 Å². The molecule has 4 rings (SSSR count). The van der Waals surface area contributed by atoms with Crippen LogP contribution in [0.5, 0.6) is 0 Å². The predicted octanol–water partition coefficient (Wildman–Crippen LogP) is 3.92. The molecule has 2 heterocycles. The zero-order valence-corrected chi connectivity index (χ0v) is 13.4. The maximum Gasteiger partial charge on any atom is 0.276 e. The third kappa shape index (κ3) is 3.07. The maximum absolute atomic E-state index is 12.6. The van der Waals surface area contributed by atoms with Gasteiger partial charge >= 0.3 is 0 Å². The van der Waals surface area contributed by atoms with Crippen molar-refractivity contribution in [2.45, 2.75) is 0 Å². The van der Waals surface area contributed by atoms with Gasteiger partial charge in [0.05, 0.1) is 5.69 Å². The van der Waals surface area contributed by atoms with Crippen LogP contribution in [0.15, 0.2) is 91.3 Å². The molecule has 2 aromatic heterocycles. The van der Waals surface area contributed by atoms with Crippen molar-refractivity contribution in [2.75, 3.05) is 5.32 Å². The number of rotatable bonds is 4. The molecular weight excluding hydrogens is 312 g/mol. The number of carbonyl (C=O) groups excluding carboxylic acids is 1. The first-order chi connectivity index (χ1) is 12.3. The molecule has 0 bridgehead atoms. The molecule has 0 fully saturated rings. The zero-order valence-electron chi connectivity index (χ0n) is 13.4. The van der Waals surface area contributed by atoms with Gasteiger partial charge in [0.2, 0.25) is 0 Å². The number of nitrogens with one attached hydrogen (secondary N) is 1. The fourth-order valence-electron chi connectivity index (χ4n) is 2.63. The second kappa shape index (κ2) is 6.49. The van der Waals surface area contributed by atoms with Crippen molar-refractivity contribution >= 4 is 11.6 Å². The zero-order chi connectivity index (χ0) is 17.1. The highest BCUT2D eigenvalue weighted by Gasteiger charge is 2.16. The van der Waals surface area contributed by atoms with Crippen LogP contribution in [0.1, 0.15) is 10.5 Å². The molecule has 5 heteroatoms. The van der Waals surface area contributed by atoms with E-state index in [-0.39, 0.29) is 5.91 Å². The second-order valence-corrected chi connectivity index (χ2v) is 5.55. The summed E-state index contributed by atoms with van der Waals surface area (Å²) in [4.78, 5) is 12.6. The van der Waals surface area contributed by atoms with E-state index in [9.17, 15) is 4.79 Å². The van der Waals surface area contributed by atoms with E-state index in [2.05, 4.69) is 10.4 Å². The van der Waals surface area contributed by atoms with Crippen LogP contribution < -0.4 is 5.32 Å². The van der Waals surface area contributed by atoms with Crippen molar-refractivity contribution < 1.29 is 4.79 Å². The molecular formula is C20H16N4O. The van der Waals surface area contributed by atoms with Crippen LogP contribution in [0.3, 0.4) is 0 Å². The van der Waals surface area contributed by atoms with Crippen LogP contribution in [-0.4, -0.2) is 20.3 Å². The summed E-state index contributed by atoms with van der Waals surface area (Å²) in [6.07, 6.45) is 3.85. The van der Waals surface area contributed by atoms with Crippen molar-refractivity contribution in [2.24, 2.45) is 0 Å². The Hall–Kier alpha value is -3.60. The molecule has 0 aliphatic heterocycles. The van der Waals surface area contributed by atoms with Gasteiger partial charge in [-0.2, -0.15) is 5.10 Å². The van der Waals surface area contributed by atoms with Crippen molar-refractivity contribution in [1.82, 2.24) is 14.3 Å². The summed E-state index contributed by atoms with van der Waals surface area (Å²) in [6.45, 7) is 0. The molecule has 0 atom stereocenters. The lowest BCUT2D eigenvalue weighted by Gasteiger charge is -2.07. The highest BCUT2D eigenvalue weighted by Crippen LogP contribution is 2.18. The van der Waals surface area contributed by atoms with Crippen LogP contribution in [0, 0.1) is 0 Å². The molecule has 0 saturated carbocycles. The molecule has 0 spiro atoms. The van der Waals surface area contributed by atoms with E-state index in [1.165, 1.54) is 0 Å². The van der Waals surface area contributed by atoms with Gasteiger partial charge in [0.1, 0.15) is 5.82 Å². The average Bonchev–Trinajstić information content (AvgIpc) is 3.33. The smallest absolute Gasteiger partial charge is 0.276 e. The summed E-state index contributed by atoms with van der Waals surface area (Å²) in [6, 6.07) is 24.8. The van der Waals surface area contributed by atoms with E-state index in [1.54, 1.807) is 10.7 Å². The number of benzene rings is 2. The van der Waals surface area contributed by atoms with Crippen molar-refractivity contribution in [1.29, 1.82) is 0 Å². The number of hydrogen-bond acceptors (Lipinski definition) is 2. The fraction of sp³-hybridized carbons (Fsp3) is 0. The van der Waals surface area contributed by atoms with E-state index >= 15 is 0 Å². The van der Waals surface area contributed by atoms with E-state index < -0.39 is 0 Å². The molecule has 122 valence electrons. The van der Waals surface area contributed by atoms with Gasteiger partial charge < -0.3 is 9.88 Å². The number of nitrogens with zero attached hydrogens (tertiary/aromatic N) is 3. The number of para-hydroxylation sites is 2. The van der Waals surface area contributed by atoms with E-state index in [0.717, 1.165) is 17.2 Å².